The lowest BCUT2D eigenvalue weighted by Gasteiger charge is -2.48. The Labute approximate surface area is 235 Å². The summed E-state index contributed by atoms with van der Waals surface area (Å²) < 4.78 is 28.3. The van der Waals surface area contributed by atoms with Gasteiger partial charge in [-0.15, -0.1) is 0 Å². The SMILES string of the molecule is CC12CCCN1CC(c1cc(F)cc(F)c1)N(CC(=O)Nc1ccc3c(c1)CC1(C3)C(=O)Nc3ncccc31)C2=O. The van der Waals surface area contributed by atoms with E-state index in [0.29, 0.717) is 49.4 Å². The maximum absolute atomic E-state index is 14.2. The zero-order valence-corrected chi connectivity index (χ0v) is 22.5. The summed E-state index contributed by atoms with van der Waals surface area (Å²) >= 11 is 0. The minimum Gasteiger partial charge on any atom is -0.325 e. The standard InChI is InChI=1S/C31H29F2N5O3/c1-30-7-3-9-37(30)16-25(19-10-21(32)13-22(33)11-19)38(29(30)41)17-26(39)35-23-6-5-18-14-31(15-20(18)12-23)24-4-2-8-34-27(24)36-28(31)40/h2,4-6,8,10-13,25H,3,7,9,14-17H2,1H3,(H,35,39)(H,34,36,40). The second-order valence-corrected chi connectivity index (χ2v) is 11.8. The number of nitrogens with zero attached hydrogens (tertiary/aromatic N) is 3. The van der Waals surface area contributed by atoms with Gasteiger partial charge in [0.25, 0.3) is 0 Å². The predicted octanol–water partition coefficient (Wildman–Crippen LogP) is 3.73. The van der Waals surface area contributed by atoms with Crippen LogP contribution in [0.1, 0.15) is 48.1 Å². The van der Waals surface area contributed by atoms with Crippen LogP contribution < -0.4 is 10.6 Å². The molecule has 0 radical (unpaired) electrons. The number of piperazine rings is 1. The fraction of sp³-hybridized carbons (Fsp3) is 0.355. The number of pyridine rings is 1. The molecule has 2 aromatic carbocycles. The van der Waals surface area contributed by atoms with Crippen molar-refractivity contribution in [2.75, 3.05) is 30.3 Å². The van der Waals surface area contributed by atoms with E-state index in [-0.39, 0.29) is 18.4 Å². The van der Waals surface area contributed by atoms with Gasteiger partial charge in [-0.2, -0.15) is 0 Å². The fourth-order valence-corrected chi connectivity index (χ4v) is 7.25. The number of rotatable bonds is 4. The second kappa shape index (κ2) is 9.17. The van der Waals surface area contributed by atoms with Gasteiger partial charge in [-0.1, -0.05) is 12.1 Å². The first-order valence-corrected chi connectivity index (χ1v) is 13.9. The molecule has 3 unspecified atom stereocenters. The van der Waals surface area contributed by atoms with Gasteiger partial charge in [0.1, 0.15) is 24.0 Å². The van der Waals surface area contributed by atoms with Crippen LogP contribution in [0.4, 0.5) is 20.3 Å². The van der Waals surface area contributed by atoms with Crippen molar-refractivity contribution in [1.82, 2.24) is 14.8 Å². The highest BCUT2D eigenvalue weighted by atomic mass is 19.1. The molecule has 3 amide bonds. The predicted molar refractivity (Wildman–Crippen MR) is 147 cm³/mol. The molecule has 41 heavy (non-hydrogen) atoms. The van der Waals surface area contributed by atoms with Crippen LogP contribution in [0.3, 0.4) is 0 Å². The zero-order chi connectivity index (χ0) is 28.5. The molecule has 0 bridgehead atoms. The Hall–Kier alpha value is -4.18. The Morgan fingerprint density at radius 3 is 2.68 bits per heavy atom. The Bertz CT molecular complexity index is 1610. The van der Waals surface area contributed by atoms with Gasteiger partial charge in [0, 0.05) is 30.1 Å². The molecule has 2 N–H and O–H groups in total. The molecule has 0 saturated carbocycles. The van der Waals surface area contributed by atoms with E-state index in [1.54, 1.807) is 12.3 Å². The van der Waals surface area contributed by atoms with Gasteiger partial charge in [-0.25, -0.2) is 13.8 Å². The molecule has 210 valence electrons. The molecule has 10 heteroatoms. The van der Waals surface area contributed by atoms with Gasteiger partial charge in [0.15, 0.2) is 0 Å². The summed E-state index contributed by atoms with van der Waals surface area (Å²) in [6, 6.07) is 11.9. The van der Waals surface area contributed by atoms with Gasteiger partial charge >= 0.3 is 0 Å². The quantitative estimate of drug-likeness (QED) is 0.510. The van der Waals surface area contributed by atoms with Crippen LogP contribution in [0.5, 0.6) is 0 Å². The highest BCUT2D eigenvalue weighted by Gasteiger charge is 2.53. The molecule has 3 aromatic rings. The molecule has 1 aliphatic carbocycles. The number of anilines is 2. The highest BCUT2D eigenvalue weighted by molar-refractivity contribution is 6.06. The van der Waals surface area contributed by atoms with Gasteiger partial charge < -0.3 is 15.5 Å². The molecule has 3 aliphatic heterocycles. The number of benzene rings is 2. The number of amides is 3. The van der Waals surface area contributed by atoms with Crippen molar-refractivity contribution in [1.29, 1.82) is 0 Å². The number of aromatic nitrogens is 1. The number of nitrogens with one attached hydrogen (secondary N) is 2. The van der Waals surface area contributed by atoms with Gasteiger partial charge in [0.05, 0.1) is 17.0 Å². The molecule has 2 saturated heterocycles. The molecule has 4 heterocycles. The van der Waals surface area contributed by atoms with E-state index in [1.165, 1.54) is 17.0 Å². The Morgan fingerprint density at radius 2 is 1.88 bits per heavy atom. The molecule has 3 atom stereocenters. The van der Waals surface area contributed by atoms with Gasteiger partial charge in [-0.05, 0) is 86.2 Å². The molecular formula is C31H29F2N5O3. The van der Waals surface area contributed by atoms with Crippen LogP contribution in [0.15, 0.2) is 54.7 Å². The minimum atomic E-state index is -0.752. The largest absolute Gasteiger partial charge is 0.325 e. The van der Waals surface area contributed by atoms with E-state index >= 15 is 0 Å². The van der Waals surface area contributed by atoms with Crippen molar-refractivity contribution in [3.63, 3.8) is 0 Å². The van der Waals surface area contributed by atoms with Crippen LogP contribution in [0, 0.1) is 11.6 Å². The molecule has 1 spiro atoms. The second-order valence-electron chi connectivity index (χ2n) is 11.8. The maximum Gasteiger partial charge on any atom is 0.244 e. The van der Waals surface area contributed by atoms with Crippen molar-refractivity contribution >= 4 is 29.2 Å². The topological polar surface area (TPSA) is 94.6 Å². The zero-order valence-electron chi connectivity index (χ0n) is 22.5. The molecule has 7 rings (SSSR count). The lowest BCUT2D eigenvalue weighted by atomic mass is 9.79. The van der Waals surface area contributed by atoms with E-state index in [2.05, 4.69) is 20.5 Å². The Morgan fingerprint density at radius 1 is 1.10 bits per heavy atom. The van der Waals surface area contributed by atoms with Crippen LogP contribution in [0.2, 0.25) is 0 Å². The molecular weight excluding hydrogens is 528 g/mol. The van der Waals surface area contributed by atoms with E-state index in [9.17, 15) is 23.2 Å². The molecule has 4 aliphatic rings. The van der Waals surface area contributed by atoms with Crippen molar-refractivity contribution in [2.45, 2.75) is 49.6 Å². The molecule has 8 nitrogen and oxygen atoms in total. The lowest BCUT2D eigenvalue weighted by molar-refractivity contribution is -0.154. The number of carbonyl (C=O) groups excluding carboxylic acids is 3. The molecule has 1 aromatic heterocycles. The Kier molecular flexibility index (Phi) is 5.76. The van der Waals surface area contributed by atoms with Crippen molar-refractivity contribution < 1.29 is 23.2 Å². The first-order valence-electron chi connectivity index (χ1n) is 13.9. The number of hydrogen-bond acceptors (Lipinski definition) is 5. The average molecular weight is 558 g/mol. The molecule has 2 fully saturated rings. The summed E-state index contributed by atoms with van der Waals surface area (Å²) in [6.45, 7) is 2.72. The first-order chi connectivity index (χ1) is 19.7. The van der Waals surface area contributed by atoms with Gasteiger partial charge in [0.2, 0.25) is 17.7 Å². The van der Waals surface area contributed by atoms with E-state index < -0.39 is 34.5 Å². The number of halogens is 2. The van der Waals surface area contributed by atoms with E-state index in [0.717, 1.165) is 29.2 Å². The minimum absolute atomic E-state index is 0.0779. The summed E-state index contributed by atoms with van der Waals surface area (Å²) in [6.07, 6.45) is 4.18. The smallest absolute Gasteiger partial charge is 0.244 e. The number of hydrogen-bond donors (Lipinski definition) is 2. The third-order valence-electron chi connectivity index (χ3n) is 9.33. The van der Waals surface area contributed by atoms with Crippen LogP contribution in [0.25, 0.3) is 0 Å². The van der Waals surface area contributed by atoms with Crippen molar-refractivity contribution in [3.8, 4) is 0 Å². The average Bonchev–Trinajstić information content (AvgIpc) is 3.59. The number of carbonyl (C=O) groups is 3. The third-order valence-corrected chi connectivity index (χ3v) is 9.33. The summed E-state index contributed by atoms with van der Waals surface area (Å²) in [4.78, 5) is 48.0. The summed E-state index contributed by atoms with van der Waals surface area (Å²) in [7, 11) is 0. The third kappa shape index (κ3) is 4.03. The van der Waals surface area contributed by atoms with Crippen molar-refractivity contribution in [2.24, 2.45) is 0 Å². The van der Waals surface area contributed by atoms with E-state index in [1.807, 2.05) is 31.2 Å². The summed E-state index contributed by atoms with van der Waals surface area (Å²) in [5, 5.41) is 5.81. The normalized spacial score (nSPS) is 26.6. The monoisotopic (exact) mass is 557 g/mol. The van der Waals surface area contributed by atoms with Crippen LogP contribution >= 0.6 is 0 Å². The first kappa shape index (κ1) is 25.8. The summed E-state index contributed by atoms with van der Waals surface area (Å²) in [5.41, 5.74) is 2.29. The van der Waals surface area contributed by atoms with Crippen molar-refractivity contribution in [3.05, 3.63) is 88.6 Å². The van der Waals surface area contributed by atoms with E-state index in [4.69, 9.17) is 0 Å². The summed E-state index contributed by atoms with van der Waals surface area (Å²) in [5.74, 6) is -1.57. The number of fused-ring (bicyclic) bond motifs is 4. The Balaban J connectivity index is 1.13. The lowest BCUT2D eigenvalue weighted by Crippen LogP contribution is -2.63. The van der Waals surface area contributed by atoms with Crippen LogP contribution in [-0.4, -0.2) is 57.7 Å². The fourth-order valence-electron chi connectivity index (χ4n) is 7.25. The van der Waals surface area contributed by atoms with Crippen LogP contribution in [-0.2, 0) is 32.6 Å². The maximum atomic E-state index is 14.2. The highest BCUT2D eigenvalue weighted by Crippen LogP contribution is 2.47. The van der Waals surface area contributed by atoms with Gasteiger partial charge in [-0.3, -0.25) is 19.3 Å².